The van der Waals surface area contributed by atoms with Crippen molar-refractivity contribution in [2.75, 3.05) is 14.2 Å². The van der Waals surface area contributed by atoms with E-state index in [2.05, 4.69) is 10.1 Å². The van der Waals surface area contributed by atoms with Gasteiger partial charge in [0.1, 0.15) is 5.75 Å². The number of hydrogen-bond acceptors (Lipinski definition) is 5. The first kappa shape index (κ1) is 15.5. The normalized spacial score (nSPS) is 15.4. The van der Waals surface area contributed by atoms with Gasteiger partial charge in [0.15, 0.2) is 5.78 Å². The van der Waals surface area contributed by atoms with Crippen LogP contribution in [0.15, 0.2) is 18.2 Å². The smallest absolute Gasteiger partial charge is 0.307 e. The van der Waals surface area contributed by atoms with Crippen LogP contribution in [0.5, 0.6) is 5.75 Å². The number of carbonyl (C=O) groups excluding carboxylic acids is 2. The standard InChI is InChI=1S/C16H21NO4/c1-10-8-11(4-7-14(10)20-2)16(19)13(9-15(18)21-3)17-12-5-6-12/h4,7-8,12-13,17H,5-6,9H2,1-3H3. The molecule has 0 aromatic heterocycles. The van der Waals surface area contributed by atoms with E-state index in [-0.39, 0.29) is 18.2 Å². The summed E-state index contributed by atoms with van der Waals surface area (Å²) in [7, 11) is 2.93. The van der Waals surface area contributed by atoms with Crippen molar-refractivity contribution in [3.8, 4) is 5.75 Å². The van der Waals surface area contributed by atoms with Gasteiger partial charge in [0.05, 0.1) is 26.7 Å². The second kappa shape index (κ2) is 6.72. The van der Waals surface area contributed by atoms with Gasteiger partial charge < -0.3 is 14.8 Å². The second-order valence-corrected chi connectivity index (χ2v) is 5.32. The van der Waals surface area contributed by atoms with E-state index < -0.39 is 6.04 Å². The molecule has 5 heteroatoms. The number of nitrogens with one attached hydrogen (secondary N) is 1. The largest absolute Gasteiger partial charge is 0.496 e. The van der Waals surface area contributed by atoms with Crippen LogP contribution < -0.4 is 10.1 Å². The number of ether oxygens (including phenoxy) is 2. The molecule has 0 bridgehead atoms. The number of esters is 1. The molecule has 1 aliphatic rings. The molecule has 0 heterocycles. The summed E-state index contributed by atoms with van der Waals surface area (Å²) in [6.45, 7) is 1.89. The predicted molar refractivity (Wildman–Crippen MR) is 78.6 cm³/mol. The SMILES string of the molecule is COC(=O)CC(NC1CC1)C(=O)c1ccc(OC)c(C)c1. The van der Waals surface area contributed by atoms with Crippen LogP contribution in [0, 0.1) is 6.92 Å². The summed E-state index contributed by atoms with van der Waals surface area (Å²) in [5.74, 6) is 0.274. The minimum atomic E-state index is -0.530. The fourth-order valence-corrected chi connectivity index (χ4v) is 2.24. The molecule has 2 rings (SSSR count). The van der Waals surface area contributed by atoms with E-state index in [1.165, 1.54) is 7.11 Å². The van der Waals surface area contributed by atoms with Gasteiger partial charge in [-0.3, -0.25) is 9.59 Å². The summed E-state index contributed by atoms with van der Waals surface area (Å²) >= 11 is 0. The van der Waals surface area contributed by atoms with Gasteiger partial charge in [0, 0.05) is 11.6 Å². The molecular weight excluding hydrogens is 270 g/mol. The molecule has 21 heavy (non-hydrogen) atoms. The molecule has 1 aromatic rings. The van der Waals surface area contributed by atoms with Gasteiger partial charge in [-0.15, -0.1) is 0 Å². The summed E-state index contributed by atoms with van der Waals surface area (Å²) in [4.78, 5) is 24.1. The van der Waals surface area contributed by atoms with Crippen molar-refractivity contribution < 1.29 is 19.1 Å². The average Bonchev–Trinajstić information content (AvgIpc) is 3.29. The molecule has 1 unspecified atom stereocenters. The molecule has 1 aromatic carbocycles. The summed E-state index contributed by atoms with van der Waals surface area (Å²) in [6.07, 6.45) is 2.15. The Morgan fingerprint density at radius 1 is 1.33 bits per heavy atom. The molecule has 1 saturated carbocycles. The number of Topliss-reactive ketones (excluding diaryl/α,β-unsaturated/α-hetero) is 1. The third-order valence-corrected chi connectivity index (χ3v) is 3.61. The van der Waals surface area contributed by atoms with Crippen LogP contribution >= 0.6 is 0 Å². The molecule has 0 spiro atoms. The molecule has 1 aliphatic carbocycles. The molecule has 0 aliphatic heterocycles. The Bertz CT molecular complexity index is 537. The molecule has 1 atom stereocenters. The molecule has 0 radical (unpaired) electrons. The number of aryl methyl sites for hydroxylation is 1. The van der Waals surface area contributed by atoms with Gasteiger partial charge in [0.2, 0.25) is 0 Å². The predicted octanol–water partition coefficient (Wildman–Crippen LogP) is 1.87. The number of ketones is 1. The zero-order valence-electron chi connectivity index (χ0n) is 12.6. The lowest BCUT2D eigenvalue weighted by molar-refractivity contribution is -0.140. The Kier molecular flexibility index (Phi) is 4.96. The Balaban J connectivity index is 2.15. The maximum atomic E-state index is 12.6. The number of hydrogen-bond donors (Lipinski definition) is 1. The van der Waals surface area contributed by atoms with E-state index >= 15 is 0 Å². The lowest BCUT2D eigenvalue weighted by atomic mass is 9.99. The first-order valence-corrected chi connectivity index (χ1v) is 7.07. The molecular formula is C16H21NO4. The molecule has 0 amide bonds. The zero-order chi connectivity index (χ0) is 15.4. The highest BCUT2D eigenvalue weighted by Gasteiger charge is 2.30. The molecule has 0 saturated heterocycles. The Morgan fingerprint density at radius 3 is 2.57 bits per heavy atom. The minimum absolute atomic E-state index is 0.0525. The van der Waals surface area contributed by atoms with Crippen molar-refractivity contribution in [2.24, 2.45) is 0 Å². The fourth-order valence-electron chi connectivity index (χ4n) is 2.24. The van der Waals surface area contributed by atoms with Gasteiger partial charge in [-0.05, 0) is 43.5 Å². The van der Waals surface area contributed by atoms with Crippen LogP contribution in [0.1, 0.15) is 35.2 Å². The van der Waals surface area contributed by atoms with Crippen LogP contribution in [0.3, 0.4) is 0 Å². The summed E-state index contributed by atoms with van der Waals surface area (Å²) in [6, 6.07) is 5.10. The van der Waals surface area contributed by atoms with Gasteiger partial charge in [-0.2, -0.15) is 0 Å². The Labute approximate surface area is 124 Å². The van der Waals surface area contributed by atoms with E-state index in [4.69, 9.17) is 4.74 Å². The van der Waals surface area contributed by atoms with Crippen LogP contribution in [0.2, 0.25) is 0 Å². The quantitative estimate of drug-likeness (QED) is 0.614. The van der Waals surface area contributed by atoms with Crippen molar-refractivity contribution in [3.05, 3.63) is 29.3 Å². The maximum absolute atomic E-state index is 12.6. The van der Waals surface area contributed by atoms with E-state index in [0.717, 1.165) is 24.2 Å². The molecule has 5 nitrogen and oxygen atoms in total. The lowest BCUT2D eigenvalue weighted by Gasteiger charge is -2.17. The first-order chi connectivity index (χ1) is 10.0. The zero-order valence-corrected chi connectivity index (χ0v) is 12.6. The minimum Gasteiger partial charge on any atom is -0.496 e. The summed E-state index contributed by atoms with van der Waals surface area (Å²) < 4.78 is 9.87. The van der Waals surface area contributed by atoms with Crippen LogP contribution in [-0.2, 0) is 9.53 Å². The molecule has 1 fully saturated rings. The Hall–Kier alpha value is -1.88. The highest BCUT2D eigenvalue weighted by atomic mass is 16.5. The third-order valence-electron chi connectivity index (χ3n) is 3.61. The summed E-state index contributed by atoms with van der Waals surface area (Å²) in [5, 5.41) is 3.22. The monoisotopic (exact) mass is 291 g/mol. The molecule has 114 valence electrons. The van der Waals surface area contributed by atoms with Crippen molar-refractivity contribution >= 4 is 11.8 Å². The highest BCUT2D eigenvalue weighted by Crippen LogP contribution is 2.23. The Morgan fingerprint density at radius 2 is 2.05 bits per heavy atom. The highest BCUT2D eigenvalue weighted by molar-refractivity contribution is 6.02. The van der Waals surface area contributed by atoms with Crippen molar-refractivity contribution in [1.29, 1.82) is 0 Å². The summed E-state index contributed by atoms with van der Waals surface area (Å²) in [5.41, 5.74) is 1.47. The lowest BCUT2D eigenvalue weighted by Crippen LogP contribution is -2.40. The average molecular weight is 291 g/mol. The van der Waals surface area contributed by atoms with Crippen molar-refractivity contribution in [3.63, 3.8) is 0 Å². The van der Waals surface area contributed by atoms with Gasteiger partial charge in [-0.25, -0.2) is 0 Å². The number of carbonyl (C=O) groups is 2. The van der Waals surface area contributed by atoms with Gasteiger partial charge in [-0.1, -0.05) is 0 Å². The van der Waals surface area contributed by atoms with E-state index in [0.29, 0.717) is 11.6 Å². The topological polar surface area (TPSA) is 64.6 Å². The van der Waals surface area contributed by atoms with Crippen molar-refractivity contribution in [1.82, 2.24) is 5.32 Å². The van der Waals surface area contributed by atoms with Crippen LogP contribution in [0.25, 0.3) is 0 Å². The fraction of sp³-hybridized carbons (Fsp3) is 0.500. The third kappa shape index (κ3) is 4.04. The van der Waals surface area contributed by atoms with E-state index in [1.807, 2.05) is 6.92 Å². The van der Waals surface area contributed by atoms with Crippen LogP contribution in [-0.4, -0.2) is 38.1 Å². The van der Waals surface area contributed by atoms with Gasteiger partial charge in [0.25, 0.3) is 0 Å². The van der Waals surface area contributed by atoms with E-state index in [1.54, 1.807) is 25.3 Å². The van der Waals surface area contributed by atoms with Crippen molar-refractivity contribution in [2.45, 2.75) is 38.3 Å². The number of methoxy groups -OCH3 is 2. The van der Waals surface area contributed by atoms with Crippen LogP contribution in [0.4, 0.5) is 0 Å². The number of rotatable bonds is 7. The second-order valence-electron chi connectivity index (χ2n) is 5.32. The first-order valence-electron chi connectivity index (χ1n) is 7.07. The van der Waals surface area contributed by atoms with Gasteiger partial charge >= 0.3 is 5.97 Å². The molecule has 1 N–H and O–H groups in total. The number of benzene rings is 1. The maximum Gasteiger partial charge on any atom is 0.307 e. The van der Waals surface area contributed by atoms with E-state index in [9.17, 15) is 9.59 Å².